The molecule has 0 bridgehead atoms. The lowest BCUT2D eigenvalue weighted by molar-refractivity contribution is -0.134. The van der Waals surface area contributed by atoms with Crippen LogP contribution in [0.15, 0.2) is 26.0 Å². The molecule has 0 unspecified atom stereocenters. The first-order valence-corrected chi connectivity index (χ1v) is 7.75. The predicted octanol–water partition coefficient (Wildman–Crippen LogP) is 2.98. The lowest BCUT2D eigenvalue weighted by Crippen LogP contribution is -2.36. The molecule has 0 aliphatic rings. The highest BCUT2D eigenvalue weighted by Gasteiger charge is 2.36. The molecule has 2 N–H and O–H groups in total. The first-order valence-electron chi connectivity index (χ1n) is 4.73. The number of nitrogens with two attached hydrogens (primary N) is 1. The number of anilines is 1. The summed E-state index contributed by atoms with van der Waals surface area (Å²) < 4.78 is 61.4. The van der Waals surface area contributed by atoms with Crippen LogP contribution in [0.5, 0.6) is 0 Å². The highest BCUT2D eigenvalue weighted by molar-refractivity contribution is 9.11. The fourth-order valence-electron chi connectivity index (χ4n) is 1.32. The molecule has 0 atom stereocenters. The molecule has 1 rings (SSSR count). The maximum atomic E-state index is 12.3. The van der Waals surface area contributed by atoms with Crippen LogP contribution in [-0.4, -0.2) is 32.5 Å². The third kappa shape index (κ3) is 4.07. The van der Waals surface area contributed by atoms with Crippen molar-refractivity contribution in [2.45, 2.75) is 11.1 Å². The summed E-state index contributed by atoms with van der Waals surface area (Å²) in [5.41, 5.74) is 5.78. The molecule has 0 aliphatic carbocycles. The number of nitrogen functional groups attached to an aromatic ring is 1. The third-order valence-corrected chi connectivity index (χ3v) is 5.77. The van der Waals surface area contributed by atoms with E-state index in [0.29, 0.717) is 0 Å². The van der Waals surface area contributed by atoms with Crippen LogP contribution >= 0.6 is 31.9 Å². The monoisotopic (exact) mass is 424 g/mol. The Balaban J connectivity index is 3.29. The summed E-state index contributed by atoms with van der Waals surface area (Å²) in [6.45, 7) is -1.57. The van der Waals surface area contributed by atoms with Gasteiger partial charge in [-0.1, -0.05) is 0 Å². The Bertz CT molecular complexity index is 567. The molecule has 0 fully saturated rings. The fourth-order valence-corrected chi connectivity index (χ4v) is 5.01. The maximum absolute atomic E-state index is 12.3. The van der Waals surface area contributed by atoms with Crippen molar-refractivity contribution in [3.05, 3.63) is 21.1 Å². The van der Waals surface area contributed by atoms with Gasteiger partial charge in [-0.15, -0.1) is 0 Å². The summed E-state index contributed by atoms with van der Waals surface area (Å²) in [6, 6.07) is 2.61. The highest BCUT2D eigenvalue weighted by Crippen LogP contribution is 2.34. The minimum atomic E-state index is -4.62. The highest BCUT2D eigenvalue weighted by atomic mass is 79.9. The van der Waals surface area contributed by atoms with E-state index in [1.807, 2.05) is 0 Å². The van der Waals surface area contributed by atoms with E-state index in [2.05, 4.69) is 31.9 Å². The van der Waals surface area contributed by atoms with E-state index >= 15 is 0 Å². The smallest absolute Gasteiger partial charge is 0.399 e. The number of hydrogen-bond acceptors (Lipinski definition) is 3. The van der Waals surface area contributed by atoms with Crippen LogP contribution in [0.2, 0.25) is 0 Å². The van der Waals surface area contributed by atoms with Gasteiger partial charge in [0.15, 0.2) is 0 Å². The number of hydrogen-bond donors (Lipinski definition) is 1. The number of rotatable bonds is 3. The second-order valence-electron chi connectivity index (χ2n) is 3.69. The van der Waals surface area contributed by atoms with Crippen molar-refractivity contribution in [3.63, 3.8) is 0 Å². The molecule has 0 amide bonds. The van der Waals surface area contributed by atoms with E-state index in [1.54, 1.807) is 0 Å². The zero-order chi connectivity index (χ0) is 15.0. The van der Waals surface area contributed by atoms with Crippen LogP contribution in [0, 0.1) is 0 Å². The third-order valence-electron chi connectivity index (χ3n) is 2.09. The molecule has 10 heteroatoms. The predicted molar refractivity (Wildman–Crippen MR) is 72.1 cm³/mol. The molecule has 4 nitrogen and oxygen atoms in total. The van der Waals surface area contributed by atoms with Gasteiger partial charge >= 0.3 is 6.18 Å². The second kappa shape index (κ2) is 5.58. The van der Waals surface area contributed by atoms with Crippen molar-refractivity contribution in [2.75, 3.05) is 19.3 Å². The lowest BCUT2D eigenvalue weighted by atomic mass is 10.3. The molecule has 0 aliphatic heterocycles. The van der Waals surface area contributed by atoms with Crippen molar-refractivity contribution >= 4 is 47.6 Å². The van der Waals surface area contributed by atoms with Gasteiger partial charge in [0, 0.05) is 21.7 Å². The average molecular weight is 426 g/mol. The Morgan fingerprint density at radius 3 is 2.05 bits per heavy atom. The first kappa shape index (κ1) is 16.7. The standard InChI is InChI=1S/C9H9Br2F3N2O2S/c1-16(4-9(12,13)14)19(17,18)8-6(10)2-5(15)3-7(8)11/h2-3H,4,15H2,1H3. The quantitative estimate of drug-likeness (QED) is 0.757. The number of alkyl halides is 3. The molecule has 19 heavy (non-hydrogen) atoms. The number of sulfonamides is 1. The topological polar surface area (TPSA) is 63.4 Å². The SMILES string of the molecule is CN(CC(F)(F)F)S(=O)(=O)c1c(Br)cc(N)cc1Br. The Kier molecular flexibility index (Phi) is 4.92. The van der Waals surface area contributed by atoms with Gasteiger partial charge in [0.1, 0.15) is 11.4 Å². The second-order valence-corrected chi connectivity index (χ2v) is 7.38. The molecule has 0 radical (unpaired) electrons. The van der Waals surface area contributed by atoms with Crippen LogP contribution in [0.1, 0.15) is 0 Å². The van der Waals surface area contributed by atoms with Gasteiger partial charge in [-0.2, -0.15) is 17.5 Å². The molecule has 0 saturated carbocycles. The van der Waals surface area contributed by atoms with Gasteiger partial charge in [-0.3, -0.25) is 0 Å². The summed E-state index contributed by atoms with van der Waals surface area (Å²) in [7, 11) is -3.43. The van der Waals surface area contributed by atoms with Gasteiger partial charge in [0.25, 0.3) is 0 Å². The van der Waals surface area contributed by atoms with E-state index in [0.717, 1.165) is 7.05 Å². The first-order chi connectivity index (χ1) is 8.45. The van der Waals surface area contributed by atoms with Gasteiger partial charge in [0.2, 0.25) is 10.0 Å². The molecular formula is C9H9Br2F3N2O2S. The van der Waals surface area contributed by atoms with Crippen molar-refractivity contribution < 1.29 is 21.6 Å². The molecule has 0 aromatic heterocycles. The summed E-state index contributed by atoms with van der Waals surface area (Å²) in [6.07, 6.45) is -4.62. The van der Waals surface area contributed by atoms with E-state index in [-0.39, 0.29) is 23.8 Å². The molecule has 1 aromatic carbocycles. The fraction of sp³-hybridized carbons (Fsp3) is 0.333. The summed E-state index contributed by atoms with van der Waals surface area (Å²) in [5.74, 6) is 0. The van der Waals surface area contributed by atoms with E-state index in [4.69, 9.17) is 5.73 Å². The average Bonchev–Trinajstić information content (AvgIpc) is 2.11. The van der Waals surface area contributed by atoms with E-state index < -0.39 is 22.7 Å². The van der Waals surface area contributed by atoms with E-state index in [1.165, 1.54) is 12.1 Å². The van der Waals surface area contributed by atoms with Crippen LogP contribution in [0.4, 0.5) is 18.9 Å². The Labute approximate surface area is 125 Å². The summed E-state index contributed by atoms with van der Waals surface area (Å²) in [4.78, 5) is -0.298. The van der Waals surface area contributed by atoms with Gasteiger partial charge in [-0.05, 0) is 44.0 Å². The maximum Gasteiger partial charge on any atom is 0.402 e. The zero-order valence-corrected chi connectivity index (χ0v) is 13.5. The molecule has 0 saturated heterocycles. The normalized spacial score (nSPS) is 13.0. The van der Waals surface area contributed by atoms with Gasteiger partial charge in [-0.25, -0.2) is 8.42 Å². The van der Waals surface area contributed by atoms with E-state index in [9.17, 15) is 21.6 Å². The molecule has 0 heterocycles. The number of benzene rings is 1. The van der Waals surface area contributed by atoms with Crippen molar-refractivity contribution in [1.82, 2.24) is 4.31 Å². The Morgan fingerprint density at radius 1 is 1.26 bits per heavy atom. The van der Waals surface area contributed by atoms with Gasteiger partial charge < -0.3 is 5.73 Å². The summed E-state index contributed by atoms with van der Waals surface area (Å²) >= 11 is 5.97. The Morgan fingerprint density at radius 2 is 1.68 bits per heavy atom. The van der Waals surface area contributed by atoms with Crippen molar-refractivity contribution in [1.29, 1.82) is 0 Å². The molecule has 0 spiro atoms. The largest absolute Gasteiger partial charge is 0.402 e. The minimum Gasteiger partial charge on any atom is -0.399 e. The van der Waals surface area contributed by atoms with Crippen molar-refractivity contribution in [2.24, 2.45) is 0 Å². The Hall–Kier alpha value is -0.320. The lowest BCUT2D eigenvalue weighted by Gasteiger charge is -2.20. The van der Waals surface area contributed by atoms with Crippen molar-refractivity contribution in [3.8, 4) is 0 Å². The number of halogens is 5. The van der Waals surface area contributed by atoms with Crippen LogP contribution in [0.3, 0.4) is 0 Å². The summed E-state index contributed by atoms with van der Waals surface area (Å²) in [5, 5.41) is 0. The number of nitrogens with zero attached hydrogens (tertiary/aromatic N) is 1. The van der Waals surface area contributed by atoms with Crippen LogP contribution < -0.4 is 5.73 Å². The van der Waals surface area contributed by atoms with Crippen LogP contribution in [0.25, 0.3) is 0 Å². The minimum absolute atomic E-state index is 0.0911. The molecular weight excluding hydrogens is 417 g/mol. The van der Waals surface area contributed by atoms with Gasteiger partial charge in [0.05, 0.1) is 0 Å². The molecule has 108 valence electrons. The van der Waals surface area contributed by atoms with Crippen LogP contribution in [-0.2, 0) is 10.0 Å². The zero-order valence-electron chi connectivity index (χ0n) is 9.50. The molecule has 1 aromatic rings.